The van der Waals surface area contributed by atoms with Crippen molar-refractivity contribution in [2.45, 2.75) is 20.5 Å². The molecule has 8 aromatic rings. The molecule has 6 aromatic heterocycles. The van der Waals surface area contributed by atoms with Crippen LogP contribution < -0.4 is 0 Å². The minimum absolute atomic E-state index is 0. The fraction of sp³-hybridized carbons (Fsp3) is 0.108. The zero-order valence-electron chi connectivity index (χ0n) is 25.7. The van der Waals surface area contributed by atoms with E-state index in [1.807, 2.05) is 55.0 Å². The summed E-state index contributed by atoms with van der Waals surface area (Å²) < 4.78 is 21.0. The molecule has 8 rings (SSSR count). The lowest BCUT2D eigenvalue weighted by Gasteiger charge is -2.07. The maximum absolute atomic E-state index is 9.96. The molecule has 11 heteroatoms. The van der Waals surface area contributed by atoms with Crippen LogP contribution in [0.15, 0.2) is 110 Å². The van der Waals surface area contributed by atoms with E-state index < -0.39 is 7.15 Å². The number of rotatable bonds is 4. The van der Waals surface area contributed by atoms with Gasteiger partial charge in [0.2, 0.25) is 0 Å². The molecule has 0 saturated carbocycles. The smallest absolute Gasteiger partial charge is 0.101 e. The predicted octanol–water partition coefficient (Wildman–Crippen LogP) is 10.3. The Hall–Kier alpha value is -4.63. The van der Waals surface area contributed by atoms with Crippen molar-refractivity contribution in [2.24, 2.45) is 0 Å². The summed E-state index contributed by atoms with van der Waals surface area (Å²) in [6, 6.07) is 22.5. The summed E-state index contributed by atoms with van der Waals surface area (Å²) in [7, 11) is -1.00. The van der Waals surface area contributed by atoms with Crippen LogP contribution in [-0.2, 0) is 13.1 Å². The van der Waals surface area contributed by atoms with E-state index in [-0.39, 0.29) is 7.43 Å². The zero-order valence-corrected chi connectivity index (χ0v) is 28.3. The van der Waals surface area contributed by atoms with Crippen LogP contribution in [0.5, 0.6) is 0 Å². The highest BCUT2D eigenvalue weighted by molar-refractivity contribution is 14.1. The molecule has 7 nitrogen and oxygen atoms in total. The van der Waals surface area contributed by atoms with Crippen LogP contribution in [0.1, 0.15) is 25.5 Å². The zero-order chi connectivity index (χ0) is 33.6. The van der Waals surface area contributed by atoms with Gasteiger partial charge < -0.3 is 9.13 Å². The van der Waals surface area contributed by atoms with Crippen molar-refractivity contribution >= 4 is 89.4 Å². The Morgan fingerprint density at radius 1 is 0.771 bits per heavy atom. The molecule has 0 saturated heterocycles. The molecule has 0 aliphatic rings. The molecule has 48 heavy (non-hydrogen) atoms. The summed E-state index contributed by atoms with van der Waals surface area (Å²) >= 11 is 14.4. The van der Waals surface area contributed by atoms with Crippen LogP contribution in [-0.4, -0.2) is 36.2 Å². The minimum Gasteiger partial charge on any atom is -0.342 e. The van der Waals surface area contributed by atoms with E-state index in [2.05, 4.69) is 88.2 Å². The third kappa shape index (κ3) is 7.41. The molecule has 0 amide bonds. The summed E-state index contributed by atoms with van der Waals surface area (Å²) in [5.41, 5.74) is 7.06. The first-order valence-electron chi connectivity index (χ1n) is 14.9. The molecule has 0 atom stereocenters. The van der Waals surface area contributed by atoms with Gasteiger partial charge in [0.1, 0.15) is 6.07 Å². The van der Waals surface area contributed by atoms with Crippen LogP contribution in [0, 0.1) is 14.9 Å². The molecule has 0 aliphatic carbocycles. The number of benzene rings is 2. The van der Waals surface area contributed by atoms with Gasteiger partial charge in [0, 0.05) is 87.8 Å². The van der Waals surface area contributed by atoms with Crippen molar-refractivity contribution in [2.75, 3.05) is 7.15 Å². The van der Waals surface area contributed by atoms with Gasteiger partial charge in [-0.25, -0.2) is 0 Å². The van der Waals surface area contributed by atoms with Gasteiger partial charge in [-0.1, -0.05) is 42.8 Å². The van der Waals surface area contributed by atoms with Crippen molar-refractivity contribution in [1.29, 1.82) is 5.26 Å². The Morgan fingerprint density at radius 3 is 1.81 bits per heavy atom. The molecule has 0 aliphatic heterocycles. The van der Waals surface area contributed by atoms with E-state index in [0.717, 1.165) is 44.8 Å². The third-order valence-electron chi connectivity index (χ3n) is 7.57. The third-order valence-corrected chi connectivity index (χ3v) is 8.84. The Morgan fingerprint density at radius 2 is 1.27 bits per heavy atom. The van der Waals surface area contributed by atoms with E-state index in [4.69, 9.17) is 24.6 Å². The van der Waals surface area contributed by atoms with E-state index in [9.17, 15) is 9.65 Å². The minimum atomic E-state index is -1.00. The molecule has 240 valence electrons. The number of aromatic nitrogens is 6. The molecule has 0 bridgehead atoms. The molecule has 0 N–H and O–H groups in total. The number of nitriles is 1. The summed E-state index contributed by atoms with van der Waals surface area (Å²) in [4.78, 5) is 16.9. The summed E-state index contributed by atoms with van der Waals surface area (Å²) in [5.74, 6) is 0. The predicted molar refractivity (Wildman–Crippen MR) is 202 cm³/mol. The van der Waals surface area contributed by atoms with E-state index in [0.29, 0.717) is 22.2 Å². The maximum Gasteiger partial charge on any atom is 0.101 e. The standard InChI is InChI=1S/C18H11ClN4.C17H11ClIN3.CH3F.CH4/c19-15-6-13-5-12(1-2-17(13)22-8-15)10-23-11-14(7-20)16-9-21-4-3-18(16)23;18-13-6-12-5-11(1-2-16(12)21-7-13)9-22-10-15(19)14-8-20-4-3-17(14)22;1-2;/h1-6,8-9,11H,10H2;1-8,10H,9H2;1H3;1H4/i;;1D;. The average Bonchev–Trinajstić information content (AvgIpc) is 3.61. The monoisotopic (exact) mass is 788 g/mol. The van der Waals surface area contributed by atoms with Crippen molar-refractivity contribution in [3.8, 4) is 6.07 Å². The quantitative estimate of drug-likeness (QED) is 0.166. The van der Waals surface area contributed by atoms with Crippen molar-refractivity contribution < 1.29 is 5.76 Å². The molecule has 0 radical (unpaired) electrons. The second kappa shape index (κ2) is 15.5. The lowest BCUT2D eigenvalue weighted by Crippen LogP contribution is -1.98. The lowest BCUT2D eigenvalue weighted by molar-refractivity contribution is 0.636. The van der Waals surface area contributed by atoms with Crippen LogP contribution in [0.25, 0.3) is 43.6 Å². The molecule has 0 spiro atoms. The Balaban J connectivity index is 0.000000174. The highest BCUT2D eigenvalue weighted by atomic mass is 127. The summed E-state index contributed by atoms with van der Waals surface area (Å²) in [6.45, 7) is 1.48. The van der Waals surface area contributed by atoms with Gasteiger partial charge in [-0.15, -0.1) is 0 Å². The fourth-order valence-electron chi connectivity index (χ4n) is 5.49. The average molecular weight is 790 g/mol. The summed E-state index contributed by atoms with van der Waals surface area (Å²) in [5, 5.41) is 14.7. The first kappa shape index (κ1) is 33.3. The van der Waals surface area contributed by atoms with E-state index >= 15 is 0 Å². The molecular formula is C37H29Cl2FIN7. The number of pyridine rings is 4. The first-order chi connectivity index (χ1) is 23.4. The summed E-state index contributed by atoms with van der Waals surface area (Å²) in [6.07, 6.45) is 14.6. The van der Waals surface area contributed by atoms with Crippen molar-refractivity contribution in [3.63, 3.8) is 0 Å². The topological polar surface area (TPSA) is 85.2 Å². The van der Waals surface area contributed by atoms with Crippen LogP contribution in [0.4, 0.5) is 4.39 Å². The van der Waals surface area contributed by atoms with Gasteiger partial charge in [-0.05, 0) is 82.2 Å². The highest BCUT2D eigenvalue weighted by Crippen LogP contribution is 2.25. The largest absolute Gasteiger partial charge is 0.342 e. The SMILES string of the molecule is C.Clc1cnc2ccc(Cn3cc(I)c4cnccc43)cc2c1.N#Cc1cn(Cc2ccc3ncc(Cl)cc3c2)c2ccncc12.[2H]CF. The second-order valence-corrected chi connectivity index (χ2v) is 12.6. The van der Waals surface area contributed by atoms with E-state index in [1.54, 1.807) is 24.8 Å². The Bertz CT molecular complexity index is 2440. The van der Waals surface area contributed by atoms with Gasteiger partial charge in [0.05, 0.1) is 46.2 Å². The molecule has 0 unspecified atom stereocenters. The first-order valence-corrected chi connectivity index (χ1v) is 16.0. The number of halogens is 4. The van der Waals surface area contributed by atoms with Gasteiger partial charge >= 0.3 is 0 Å². The number of nitrogens with zero attached hydrogens (tertiary/aromatic N) is 7. The van der Waals surface area contributed by atoms with Gasteiger partial charge in [-0.3, -0.25) is 24.3 Å². The van der Waals surface area contributed by atoms with Crippen LogP contribution in [0.3, 0.4) is 0 Å². The van der Waals surface area contributed by atoms with Crippen LogP contribution in [0.2, 0.25) is 10.0 Å². The normalized spacial score (nSPS) is 10.9. The highest BCUT2D eigenvalue weighted by Gasteiger charge is 2.10. The van der Waals surface area contributed by atoms with Crippen LogP contribution >= 0.6 is 45.8 Å². The Labute approximate surface area is 302 Å². The fourth-order valence-corrected chi connectivity index (χ4v) is 6.57. The Kier molecular flexibility index (Phi) is 10.8. The van der Waals surface area contributed by atoms with Gasteiger partial charge in [0.25, 0.3) is 0 Å². The number of hydrogen-bond donors (Lipinski definition) is 0. The molecular weight excluding hydrogens is 759 g/mol. The number of alkyl halides is 1. The molecule has 0 fully saturated rings. The number of fused-ring (bicyclic) bond motifs is 4. The number of hydrogen-bond acceptors (Lipinski definition) is 5. The molecule has 2 aromatic carbocycles. The van der Waals surface area contributed by atoms with Gasteiger partial charge in [-0.2, -0.15) is 5.26 Å². The second-order valence-electron chi connectivity index (χ2n) is 10.5. The molecule has 6 heterocycles. The van der Waals surface area contributed by atoms with E-state index in [1.165, 1.54) is 20.0 Å². The van der Waals surface area contributed by atoms with Crippen molar-refractivity contribution in [3.05, 3.63) is 141 Å². The van der Waals surface area contributed by atoms with Crippen molar-refractivity contribution in [1.82, 2.24) is 29.1 Å². The lowest BCUT2D eigenvalue weighted by atomic mass is 10.1. The van der Waals surface area contributed by atoms with Gasteiger partial charge in [0.15, 0.2) is 0 Å². The maximum atomic E-state index is 9.96.